The van der Waals surface area contributed by atoms with Crippen LogP contribution in [-0.2, 0) is 9.59 Å². The minimum Gasteiger partial charge on any atom is -0.375 e. The van der Waals surface area contributed by atoms with Crippen LogP contribution in [0.25, 0.3) is 6.08 Å². The molecule has 0 radical (unpaired) electrons. The molecule has 34 heavy (non-hydrogen) atoms. The van der Waals surface area contributed by atoms with Crippen LogP contribution in [0.2, 0.25) is 5.02 Å². The molecule has 0 spiro atoms. The molecule has 0 bridgehead atoms. The number of thioether (sulfide) groups is 1. The van der Waals surface area contributed by atoms with Gasteiger partial charge in [0, 0.05) is 35.7 Å². The Hall–Kier alpha value is -3.22. The van der Waals surface area contributed by atoms with Gasteiger partial charge in [-0.25, -0.2) is 0 Å². The Balaban J connectivity index is 1.39. The Kier molecular flexibility index (Phi) is 7.93. The molecule has 0 unspecified atom stereocenters. The normalized spacial score (nSPS) is 14.1. The highest BCUT2D eigenvalue weighted by Crippen LogP contribution is 2.41. The standard InChI is InChI=1S/C27H26ClN3O2S/c1-30(22-8-3-2-4-9-22)17-7-16-29-26(32)19-31-23-10-5-6-11-24(23)34-25(27(31)33)18-20-12-14-21(28)15-13-20/h2-6,8-15,18H,7,16-17,19H2,1H3,(H,29,32)/b25-18-. The van der Waals surface area contributed by atoms with E-state index in [4.69, 9.17) is 11.6 Å². The highest BCUT2D eigenvalue weighted by Gasteiger charge is 2.30. The third-order valence-corrected chi connectivity index (χ3v) is 6.82. The molecule has 1 aliphatic rings. The van der Waals surface area contributed by atoms with E-state index in [1.54, 1.807) is 17.0 Å². The van der Waals surface area contributed by atoms with Crippen LogP contribution in [0, 0.1) is 0 Å². The second-order valence-corrected chi connectivity index (χ2v) is 9.50. The van der Waals surface area contributed by atoms with Crippen molar-refractivity contribution in [3.63, 3.8) is 0 Å². The van der Waals surface area contributed by atoms with E-state index in [0.717, 1.165) is 34.8 Å². The predicted octanol–water partition coefficient (Wildman–Crippen LogP) is 5.46. The largest absolute Gasteiger partial charge is 0.375 e. The van der Waals surface area contributed by atoms with Crippen molar-refractivity contribution in [2.75, 3.05) is 36.5 Å². The highest BCUT2D eigenvalue weighted by molar-refractivity contribution is 8.04. The fourth-order valence-electron chi connectivity index (χ4n) is 3.68. The first kappa shape index (κ1) is 23.9. The van der Waals surface area contributed by atoms with Crippen LogP contribution in [0.3, 0.4) is 0 Å². The van der Waals surface area contributed by atoms with Gasteiger partial charge in [0.1, 0.15) is 6.54 Å². The Bertz CT molecular complexity index is 1180. The smallest absolute Gasteiger partial charge is 0.265 e. The summed E-state index contributed by atoms with van der Waals surface area (Å²) in [5.74, 6) is -0.360. The molecule has 3 aromatic rings. The number of fused-ring (bicyclic) bond motifs is 1. The van der Waals surface area contributed by atoms with Crippen LogP contribution in [-0.4, -0.2) is 38.5 Å². The molecule has 4 rings (SSSR count). The van der Waals surface area contributed by atoms with Gasteiger partial charge in [-0.2, -0.15) is 0 Å². The number of amides is 2. The second-order valence-electron chi connectivity index (χ2n) is 7.98. The molecule has 0 saturated carbocycles. The first-order valence-corrected chi connectivity index (χ1v) is 12.3. The van der Waals surface area contributed by atoms with Crippen molar-refractivity contribution in [1.29, 1.82) is 0 Å². The third-order valence-electron chi connectivity index (χ3n) is 5.49. The summed E-state index contributed by atoms with van der Waals surface area (Å²) < 4.78 is 0. The molecule has 0 saturated heterocycles. The molecule has 0 atom stereocenters. The number of rotatable bonds is 8. The van der Waals surface area contributed by atoms with Crippen LogP contribution in [0.4, 0.5) is 11.4 Å². The molecule has 0 aromatic heterocycles. The Morgan fingerprint density at radius 2 is 1.74 bits per heavy atom. The number of benzene rings is 3. The van der Waals surface area contributed by atoms with Crippen LogP contribution in [0.5, 0.6) is 0 Å². The first-order chi connectivity index (χ1) is 16.5. The molecule has 1 N–H and O–H groups in total. The van der Waals surface area contributed by atoms with E-state index in [2.05, 4.69) is 22.3 Å². The number of para-hydroxylation sites is 2. The molecular weight excluding hydrogens is 466 g/mol. The number of carbonyl (C=O) groups is 2. The van der Waals surface area contributed by atoms with E-state index >= 15 is 0 Å². The van der Waals surface area contributed by atoms with Crippen LogP contribution in [0.15, 0.2) is 88.7 Å². The number of nitrogens with zero attached hydrogens (tertiary/aromatic N) is 2. The maximum atomic E-state index is 13.3. The Morgan fingerprint density at radius 1 is 1.03 bits per heavy atom. The highest BCUT2D eigenvalue weighted by atomic mass is 35.5. The first-order valence-electron chi connectivity index (χ1n) is 11.1. The maximum absolute atomic E-state index is 13.3. The van der Waals surface area contributed by atoms with Crippen LogP contribution < -0.4 is 15.1 Å². The number of nitrogens with one attached hydrogen (secondary N) is 1. The zero-order valence-corrected chi connectivity index (χ0v) is 20.5. The molecule has 3 aromatic carbocycles. The van der Waals surface area contributed by atoms with Gasteiger partial charge in [-0.05, 0) is 54.5 Å². The topological polar surface area (TPSA) is 52.7 Å². The average molecular weight is 492 g/mol. The summed E-state index contributed by atoms with van der Waals surface area (Å²) >= 11 is 7.40. The van der Waals surface area contributed by atoms with Crippen LogP contribution in [0.1, 0.15) is 12.0 Å². The van der Waals surface area contributed by atoms with Crippen molar-refractivity contribution in [2.24, 2.45) is 0 Å². The van der Waals surface area contributed by atoms with Gasteiger partial charge in [-0.3, -0.25) is 14.5 Å². The number of anilines is 2. The van der Waals surface area contributed by atoms with Crippen LogP contribution >= 0.6 is 23.4 Å². The molecule has 0 fully saturated rings. The minimum atomic E-state index is -0.183. The lowest BCUT2D eigenvalue weighted by atomic mass is 10.2. The molecular formula is C27H26ClN3O2S. The molecule has 7 heteroatoms. The van der Waals surface area contributed by atoms with Gasteiger partial charge in [0.25, 0.3) is 5.91 Å². The Morgan fingerprint density at radius 3 is 2.50 bits per heavy atom. The summed E-state index contributed by atoms with van der Waals surface area (Å²) in [6.07, 6.45) is 2.64. The van der Waals surface area contributed by atoms with E-state index in [1.165, 1.54) is 11.8 Å². The van der Waals surface area contributed by atoms with Gasteiger partial charge >= 0.3 is 0 Å². The summed E-state index contributed by atoms with van der Waals surface area (Å²) in [6, 6.07) is 25.1. The summed E-state index contributed by atoms with van der Waals surface area (Å²) in [6.45, 7) is 1.34. The lowest BCUT2D eigenvalue weighted by Crippen LogP contribution is -2.43. The quantitative estimate of drug-likeness (QED) is 0.335. The predicted molar refractivity (Wildman–Crippen MR) is 141 cm³/mol. The van der Waals surface area contributed by atoms with E-state index in [0.29, 0.717) is 16.5 Å². The minimum absolute atomic E-state index is 0.0249. The zero-order valence-electron chi connectivity index (χ0n) is 18.9. The van der Waals surface area contributed by atoms with Crippen molar-refractivity contribution in [3.8, 4) is 0 Å². The second kappa shape index (κ2) is 11.3. The number of carbonyl (C=O) groups excluding carboxylic acids is 2. The molecule has 1 aliphatic heterocycles. The van der Waals surface area contributed by atoms with Gasteiger partial charge < -0.3 is 10.2 Å². The summed E-state index contributed by atoms with van der Waals surface area (Å²) in [4.78, 5) is 31.2. The summed E-state index contributed by atoms with van der Waals surface area (Å²) in [7, 11) is 2.03. The lowest BCUT2D eigenvalue weighted by Gasteiger charge is -2.30. The van der Waals surface area contributed by atoms with E-state index in [1.807, 2.05) is 67.7 Å². The number of hydrogen-bond donors (Lipinski definition) is 1. The number of hydrogen-bond acceptors (Lipinski definition) is 4. The van der Waals surface area contributed by atoms with E-state index in [-0.39, 0.29) is 18.4 Å². The Labute approximate surface area is 209 Å². The van der Waals surface area contributed by atoms with Crippen molar-refractivity contribution in [2.45, 2.75) is 11.3 Å². The molecule has 5 nitrogen and oxygen atoms in total. The SMILES string of the molecule is CN(CCCNC(=O)CN1C(=O)/C(=C/c2ccc(Cl)cc2)Sc2ccccc21)c1ccccc1. The van der Waals surface area contributed by atoms with Gasteiger partial charge in [-0.1, -0.05) is 65.8 Å². The monoisotopic (exact) mass is 491 g/mol. The van der Waals surface area contributed by atoms with Gasteiger partial charge in [0.2, 0.25) is 5.91 Å². The van der Waals surface area contributed by atoms with Gasteiger partial charge in [-0.15, -0.1) is 0 Å². The van der Waals surface area contributed by atoms with Gasteiger partial charge in [0.15, 0.2) is 0 Å². The molecule has 174 valence electrons. The summed E-state index contributed by atoms with van der Waals surface area (Å²) in [5.41, 5.74) is 2.78. The van der Waals surface area contributed by atoms with Crippen molar-refractivity contribution >= 4 is 52.6 Å². The maximum Gasteiger partial charge on any atom is 0.265 e. The average Bonchev–Trinajstić information content (AvgIpc) is 2.86. The molecule has 2 amide bonds. The fourth-order valence-corrected chi connectivity index (χ4v) is 4.87. The third kappa shape index (κ3) is 6.01. The fraction of sp³-hybridized carbons (Fsp3) is 0.185. The zero-order chi connectivity index (χ0) is 23.9. The lowest BCUT2D eigenvalue weighted by molar-refractivity contribution is -0.122. The van der Waals surface area contributed by atoms with E-state index in [9.17, 15) is 9.59 Å². The van der Waals surface area contributed by atoms with Crippen molar-refractivity contribution in [1.82, 2.24) is 5.32 Å². The van der Waals surface area contributed by atoms with Crippen molar-refractivity contribution in [3.05, 3.63) is 94.4 Å². The summed E-state index contributed by atoms with van der Waals surface area (Å²) in [5, 5.41) is 3.60. The van der Waals surface area contributed by atoms with Crippen molar-refractivity contribution < 1.29 is 9.59 Å². The molecule has 0 aliphatic carbocycles. The van der Waals surface area contributed by atoms with Gasteiger partial charge in [0.05, 0.1) is 10.6 Å². The van der Waals surface area contributed by atoms with E-state index < -0.39 is 0 Å². The molecule has 1 heterocycles. The number of halogens is 1.